The van der Waals surface area contributed by atoms with Gasteiger partial charge in [0.05, 0.1) is 11.2 Å². The first kappa shape index (κ1) is 16.9. The highest BCUT2D eigenvalue weighted by Gasteiger charge is 2.35. The van der Waals surface area contributed by atoms with E-state index >= 15 is 0 Å². The molecule has 0 radical (unpaired) electrons. The highest BCUT2D eigenvalue weighted by atomic mass is 32.2. The zero-order valence-electron chi connectivity index (χ0n) is 12.0. The summed E-state index contributed by atoms with van der Waals surface area (Å²) in [6.07, 6.45) is 0.110. The Labute approximate surface area is 129 Å². The number of anilines is 1. The maximum Gasteiger partial charge on any atom is 0.265 e. The molecule has 8 nitrogen and oxygen atoms in total. The van der Waals surface area contributed by atoms with E-state index < -0.39 is 32.2 Å². The summed E-state index contributed by atoms with van der Waals surface area (Å²) in [7, 11) is -5.95. The Morgan fingerprint density at radius 3 is 2.27 bits per heavy atom. The van der Waals surface area contributed by atoms with Gasteiger partial charge in [-0.1, -0.05) is 0 Å². The van der Waals surface area contributed by atoms with E-state index in [1.165, 1.54) is 36.2 Å². The first-order valence-corrected chi connectivity index (χ1v) is 9.67. The second-order valence-electron chi connectivity index (χ2n) is 4.77. The molecule has 10 heteroatoms. The van der Waals surface area contributed by atoms with E-state index in [9.17, 15) is 21.6 Å². The van der Waals surface area contributed by atoms with Crippen LogP contribution in [-0.2, 0) is 29.1 Å². The molecule has 1 saturated heterocycles. The van der Waals surface area contributed by atoms with Crippen LogP contribution in [0.4, 0.5) is 5.69 Å². The SMILES string of the molecule is CNS(=O)(=O)c1ccc(N2CCC(OS(C)(=O)=O)C2=O)cc1. The minimum Gasteiger partial charge on any atom is -0.310 e. The van der Waals surface area contributed by atoms with Gasteiger partial charge in [0.25, 0.3) is 16.0 Å². The fourth-order valence-electron chi connectivity index (χ4n) is 2.13. The molecule has 0 bridgehead atoms. The lowest BCUT2D eigenvalue weighted by Gasteiger charge is -2.17. The Kier molecular flexibility index (Phi) is 4.57. The number of carbonyl (C=O) groups excluding carboxylic acids is 1. The monoisotopic (exact) mass is 348 g/mol. The lowest BCUT2D eigenvalue weighted by Crippen LogP contribution is -2.31. The number of sulfonamides is 1. The molecule has 1 aromatic rings. The number of carbonyl (C=O) groups is 1. The molecule has 1 fully saturated rings. The van der Waals surface area contributed by atoms with Crippen molar-refractivity contribution < 1.29 is 25.8 Å². The topological polar surface area (TPSA) is 110 Å². The van der Waals surface area contributed by atoms with E-state index in [4.69, 9.17) is 4.18 Å². The highest BCUT2D eigenvalue weighted by Crippen LogP contribution is 2.25. The summed E-state index contributed by atoms with van der Waals surface area (Å²) in [4.78, 5) is 13.6. The molecule has 1 aliphatic heterocycles. The maximum atomic E-state index is 12.1. The fourth-order valence-corrected chi connectivity index (χ4v) is 3.46. The standard InChI is InChI=1S/C12H16N2O6S2/c1-13-22(18,19)10-5-3-9(4-6-10)14-8-7-11(12(14)15)20-21(2,16)17/h3-6,11,13H,7-8H2,1-2H3. The Morgan fingerprint density at radius 2 is 1.77 bits per heavy atom. The number of hydrogen-bond donors (Lipinski definition) is 1. The lowest BCUT2D eigenvalue weighted by atomic mass is 10.3. The summed E-state index contributed by atoms with van der Waals surface area (Å²) in [5.41, 5.74) is 0.486. The average Bonchev–Trinajstić information content (AvgIpc) is 2.78. The number of benzene rings is 1. The summed E-state index contributed by atoms with van der Waals surface area (Å²) in [5.74, 6) is -0.463. The van der Waals surface area contributed by atoms with Gasteiger partial charge in [-0.3, -0.25) is 8.98 Å². The summed E-state index contributed by atoms with van der Waals surface area (Å²) >= 11 is 0. The molecule has 1 heterocycles. The molecule has 2 rings (SSSR count). The third-order valence-corrected chi connectivity index (χ3v) is 5.19. The third-order valence-electron chi connectivity index (χ3n) is 3.17. The minimum absolute atomic E-state index is 0.0781. The molecule has 1 atom stereocenters. The quantitative estimate of drug-likeness (QED) is 0.730. The average molecular weight is 348 g/mol. The summed E-state index contributed by atoms with van der Waals surface area (Å²) in [6, 6.07) is 5.73. The van der Waals surface area contributed by atoms with Gasteiger partial charge in [-0.2, -0.15) is 8.42 Å². The Morgan fingerprint density at radius 1 is 1.18 bits per heavy atom. The number of nitrogens with zero attached hydrogens (tertiary/aromatic N) is 1. The van der Waals surface area contributed by atoms with Crippen LogP contribution in [0.15, 0.2) is 29.2 Å². The van der Waals surface area contributed by atoms with Crippen molar-refractivity contribution in [3.8, 4) is 0 Å². The number of nitrogens with one attached hydrogen (secondary N) is 1. The van der Waals surface area contributed by atoms with Gasteiger partial charge in [0, 0.05) is 18.7 Å². The van der Waals surface area contributed by atoms with Gasteiger partial charge in [0.15, 0.2) is 6.10 Å². The molecule has 1 aliphatic rings. The van der Waals surface area contributed by atoms with E-state index in [0.717, 1.165) is 6.26 Å². The molecular weight excluding hydrogens is 332 g/mol. The molecular formula is C12H16N2O6S2. The molecule has 0 saturated carbocycles. The van der Waals surface area contributed by atoms with Gasteiger partial charge in [-0.05, 0) is 31.3 Å². The van der Waals surface area contributed by atoms with E-state index in [-0.39, 0.29) is 11.3 Å². The summed E-state index contributed by atoms with van der Waals surface area (Å²) in [5, 5.41) is 0. The van der Waals surface area contributed by atoms with Crippen LogP contribution >= 0.6 is 0 Å². The van der Waals surface area contributed by atoms with Crippen LogP contribution < -0.4 is 9.62 Å². The van der Waals surface area contributed by atoms with Crippen molar-refractivity contribution in [2.75, 3.05) is 24.7 Å². The second kappa shape index (κ2) is 5.95. The van der Waals surface area contributed by atoms with Crippen LogP contribution in [0.5, 0.6) is 0 Å². The smallest absolute Gasteiger partial charge is 0.265 e. The van der Waals surface area contributed by atoms with Crippen molar-refractivity contribution >= 4 is 31.7 Å². The molecule has 0 aliphatic carbocycles. The number of hydrogen-bond acceptors (Lipinski definition) is 6. The van der Waals surface area contributed by atoms with Crippen molar-refractivity contribution in [1.82, 2.24) is 4.72 Å². The van der Waals surface area contributed by atoms with Gasteiger partial charge in [-0.15, -0.1) is 0 Å². The number of amides is 1. The minimum atomic E-state index is -3.71. The van der Waals surface area contributed by atoms with Crippen LogP contribution in [0.2, 0.25) is 0 Å². The molecule has 122 valence electrons. The molecule has 1 amide bonds. The molecule has 1 aromatic carbocycles. The van der Waals surface area contributed by atoms with E-state index in [0.29, 0.717) is 12.2 Å². The van der Waals surface area contributed by atoms with Crippen molar-refractivity contribution in [2.45, 2.75) is 17.4 Å². The van der Waals surface area contributed by atoms with E-state index in [2.05, 4.69) is 4.72 Å². The van der Waals surface area contributed by atoms with E-state index in [1.54, 1.807) is 0 Å². The number of rotatable bonds is 5. The first-order valence-electron chi connectivity index (χ1n) is 6.37. The maximum absolute atomic E-state index is 12.1. The summed E-state index contributed by atoms with van der Waals surface area (Å²) in [6.45, 7) is 0.303. The molecule has 1 N–H and O–H groups in total. The lowest BCUT2D eigenvalue weighted by molar-refractivity contribution is -0.122. The summed E-state index contributed by atoms with van der Waals surface area (Å²) < 4.78 is 52.4. The Bertz CT molecular complexity index is 770. The van der Waals surface area contributed by atoms with Crippen LogP contribution in [0, 0.1) is 0 Å². The van der Waals surface area contributed by atoms with Gasteiger partial charge >= 0.3 is 0 Å². The zero-order valence-corrected chi connectivity index (χ0v) is 13.6. The second-order valence-corrected chi connectivity index (χ2v) is 8.26. The zero-order chi connectivity index (χ0) is 16.5. The predicted octanol–water partition coefficient (Wildman–Crippen LogP) is -0.324. The van der Waals surface area contributed by atoms with Crippen molar-refractivity contribution in [2.24, 2.45) is 0 Å². The molecule has 0 aromatic heterocycles. The molecule has 0 spiro atoms. The van der Waals surface area contributed by atoms with Crippen molar-refractivity contribution in [3.63, 3.8) is 0 Å². The molecule has 1 unspecified atom stereocenters. The van der Waals surface area contributed by atoms with Crippen LogP contribution in [0.1, 0.15) is 6.42 Å². The van der Waals surface area contributed by atoms with Gasteiger partial charge in [-0.25, -0.2) is 13.1 Å². The third kappa shape index (κ3) is 3.64. The largest absolute Gasteiger partial charge is 0.310 e. The van der Waals surface area contributed by atoms with Crippen LogP contribution in [0.3, 0.4) is 0 Å². The van der Waals surface area contributed by atoms with Crippen LogP contribution in [-0.4, -0.2) is 48.7 Å². The molecule has 22 heavy (non-hydrogen) atoms. The Hall–Kier alpha value is -1.49. The highest BCUT2D eigenvalue weighted by molar-refractivity contribution is 7.89. The van der Waals surface area contributed by atoms with Crippen LogP contribution in [0.25, 0.3) is 0 Å². The van der Waals surface area contributed by atoms with Crippen molar-refractivity contribution in [3.05, 3.63) is 24.3 Å². The predicted molar refractivity (Wildman–Crippen MR) is 79.4 cm³/mol. The van der Waals surface area contributed by atoms with Crippen molar-refractivity contribution in [1.29, 1.82) is 0 Å². The van der Waals surface area contributed by atoms with Gasteiger partial charge in [0.2, 0.25) is 10.0 Å². The van der Waals surface area contributed by atoms with E-state index in [1.807, 2.05) is 0 Å². The fraction of sp³-hybridized carbons (Fsp3) is 0.417. The normalized spacial score (nSPS) is 19.6. The Balaban J connectivity index is 2.19. The van der Waals surface area contributed by atoms with Gasteiger partial charge < -0.3 is 4.90 Å². The first-order chi connectivity index (χ1) is 10.1. The van der Waals surface area contributed by atoms with Gasteiger partial charge in [0.1, 0.15) is 0 Å².